The van der Waals surface area contributed by atoms with E-state index in [1.54, 1.807) is 4.68 Å². The quantitative estimate of drug-likeness (QED) is 0.740. The summed E-state index contributed by atoms with van der Waals surface area (Å²) < 4.78 is 1.79. The summed E-state index contributed by atoms with van der Waals surface area (Å²) in [5.74, 6) is 0.956. The molecular weight excluding hydrogens is 176 g/mol. The minimum absolute atomic E-state index is 0. The Bertz CT molecular complexity index is 166. The predicted molar refractivity (Wildman–Crippen MR) is 62.3 cm³/mol. The molecule has 1 heterocycles. The number of hydrogen-bond donors (Lipinski definition) is 0. The zero-order valence-electron chi connectivity index (χ0n) is 9.70. The zero-order chi connectivity index (χ0) is 10.7. The SMILES string of the molecule is C.CC.CC.CCc1nnnn1CC. The van der Waals surface area contributed by atoms with Gasteiger partial charge in [0.15, 0.2) is 5.82 Å². The molecule has 0 amide bonds. The highest BCUT2D eigenvalue weighted by Gasteiger charge is 1.97. The Morgan fingerprint density at radius 3 is 1.86 bits per heavy atom. The van der Waals surface area contributed by atoms with Crippen LogP contribution in [-0.4, -0.2) is 20.2 Å². The molecule has 0 aliphatic heterocycles. The smallest absolute Gasteiger partial charge is 0.150 e. The topological polar surface area (TPSA) is 43.6 Å². The molecule has 1 rings (SSSR count). The molecule has 14 heavy (non-hydrogen) atoms. The summed E-state index contributed by atoms with van der Waals surface area (Å²) in [6.07, 6.45) is 0.904. The van der Waals surface area contributed by atoms with Gasteiger partial charge >= 0.3 is 0 Å². The molecule has 0 saturated carbocycles. The van der Waals surface area contributed by atoms with Crippen LogP contribution in [-0.2, 0) is 13.0 Å². The van der Waals surface area contributed by atoms with E-state index in [0.717, 1.165) is 18.8 Å². The fraction of sp³-hybridized carbons (Fsp3) is 0.900. The van der Waals surface area contributed by atoms with Crippen LogP contribution in [0.3, 0.4) is 0 Å². The lowest BCUT2D eigenvalue weighted by Crippen LogP contribution is -2.01. The van der Waals surface area contributed by atoms with Crippen LogP contribution in [0.5, 0.6) is 0 Å². The number of rotatable bonds is 2. The van der Waals surface area contributed by atoms with E-state index in [2.05, 4.69) is 15.5 Å². The maximum atomic E-state index is 3.81. The number of nitrogens with zero attached hydrogens (tertiary/aromatic N) is 4. The van der Waals surface area contributed by atoms with Gasteiger partial charge in [0.1, 0.15) is 0 Å². The standard InChI is InChI=1S/C5H10N4.2C2H6.CH4/c1-3-5-6-7-8-9(5)4-2;2*1-2;/h3-4H2,1-2H3;2*1-2H3;1H4. The Labute approximate surface area is 88.7 Å². The van der Waals surface area contributed by atoms with Crippen LogP contribution < -0.4 is 0 Å². The molecule has 0 aliphatic carbocycles. The summed E-state index contributed by atoms with van der Waals surface area (Å²) in [4.78, 5) is 0. The molecule has 0 aromatic carbocycles. The second kappa shape index (κ2) is 14.6. The first-order chi connectivity index (χ1) is 6.38. The second-order valence-corrected chi connectivity index (χ2v) is 1.76. The summed E-state index contributed by atoms with van der Waals surface area (Å²) in [7, 11) is 0. The van der Waals surface area contributed by atoms with E-state index in [0.29, 0.717) is 0 Å². The van der Waals surface area contributed by atoms with Crippen molar-refractivity contribution in [1.82, 2.24) is 20.2 Å². The first-order valence-corrected chi connectivity index (χ1v) is 5.13. The Balaban J connectivity index is -0.000000216. The minimum atomic E-state index is 0. The molecule has 0 atom stereocenters. The maximum absolute atomic E-state index is 3.81. The number of tetrazole rings is 1. The van der Waals surface area contributed by atoms with Gasteiger partial charge in [0.25, 0.3) is 0 Å². The van der Waals surface area contributed by atoms with Gasteiger partial charge in [-0.15, -0.1) is 5.10 Å². The van der Waals surface area contributed by atoms with Gasteiger partial charge in [-0.25, -0.2) is 4.68 Å². The van der Waals surface area contributed by atoms with Gasteiger partial charge < -0.3 is 0 Å². The number of hydrogen-bond acceptors (Lipinski definition) is 3. The summed E-state index contributed by atoms with van der Waals surface area (Å²) in [6, 6.07) is 0. The average molecular weight is 202 g/mol. The highest BCUT2D eigenvalue weighted by Crippen LogP contribution is 1.90. The van der Waals surface area contributed by atoms with Gasteiger partial charge in [0, 0.05) is 13.0 Å². The van der Waals surface area contributed by atoms with Crippen LogP contribution in [0.25, 0.3) is 0 Å². The molecule has 4 nitrogen and oxygen atoms in total. The Morgan fingerprint density at radius 1 is 1.07 bits per heavy atom. The third-order valence-electron chi connectivity index (χ3n) is 1.22. The van der Waals surface area contributed by atoms with Crippen LogP contribution in [0.15, 0.2) is 0 Å². The van der Waals surface area contributed by atoms with Crippen molar-refractivity contribution in [3.63, 3.8) is 0 Å². The normalized spacial score (nSPS) is 7.29. The van der Waals surface area contributed by atoms with Gasteiger partial charge in [-0.3, -0.25) is 0 Å². The fourth-order valence-corrected chi connectivity index (χ4v) is 0.722. The molecule has 86 valence electrons. The van der Waals surface area contributed by atoms with Crippen molar-refractivity contribution >= 4 is 0 Å². The first-order valence-electron chi connectivity index (χ1n) is 5.13. The Morgan fingerprint density at radius 2 is 1.57 bits per heavy atom. The molecule has 4 heteroatoms. The van der Waals surface area contributed by atoms with Gasteiger partial charge in [-0.05, 0) is 17.4 Å². The highest BCUT2D eigenvalue weighted by atomic mass is 15.5. The van der Waals surface area contributed by atoms with Gasteiger partial charge in [-0.2, -0.15) is 0 Å². The first kappa shape index (κ1) is 18.8. The van der Waals surface area contributed by atoms with Crippen molar-refractivity contribution < 1.29 is 0 Å². The summed E-state index contributed by atoms with van der Waals surface area (Å²) in [5.41, 5.74) is 0. The van der Waals surface area contributed by atoms with E-state index in [4.69, 9.17) is 0 Å². The molecule has 0 unspecified atom stereocenters. The monoisotopic (exact) mass is 202 g/mol. The van der Waals surface area contributed by atoms with E-state index >= 15 is 0 Å². The molecule has 0 fully saturated rings. The summed E-state index contributed by atoms with van der Waals surface area (Å²) >= 11 is 0. The van der Waals surface area contributed by atoms with Gasteiger partial charge in [0.2, 0.25) is 0 Å². The lowest BCUT2D eigenvalue weighted by molar-refractivity contribution is 0.600. The van der Waals surface area contributed by atoms with Crippen LogP contribution >= 0.6 is 0 Å². The van der Waals surface area contributed by atoms with Crippen molar-refractivity contribution in [2.24, 2.45) is 0 Å². The molecule has 0 N–H and O–H groups in total. The number of aromatic nitrogens is 4. The lowest BCUT2D eigenvalue weighted by Gasteiger charge is -1.93. The van der Waals surface area contributed by atoms with Crippen molar-refractivity contribution in [3.8, 4) is 0 Å². The van der Waals surface area contributed by atoms with E-state index < -0.39 is 0 Å². The van der Waals surface area contributed by atoms with E-state index in [-0.39, 0.29) is 7.43 Å². The Hall–Kier alpha value is -0.930. The predicted octanol–water partition coefficient (Wildman–Crippen LogP) is 2.94. The largest absolute Gasteiger partial charge is 0.230 e. The third-order valence-corrected chi connectivity index (χ3v) is 1.22. The highest BCUT2D eigenvalue weighted by molar-refractivity contribution is 4.77. The van der Waals surface area contributed by atoms with Crippen LogP contribution in [0.4, 0.5) is 0 Å². The summed E-state index contributed by atoms with van der Waals surface area (Å²) in [5, 5.41) is 11.1. The average Bonchev–Trinajstić information content (AvgIpc) is 2.70. The van der Waals surface area contributed by atoms with Gasteiger partial charge in [-0.1, -0.05) is 42.0 Å². The van der Waals surface area contributed by atoms with Crippen molar-refractivity contribution in [1.29, 1.82) is 0 Å². The molecule has 0 radical (unpaired) electrons. The minimum Gasteiger partial charge on any atom is -0.230 e. The van der Waals surface area contributed by atoms with Gasteiger partial charge in [0.05, 0.1) is 0 Å². The Kier molecular flexibility index (Phi) is 19.6. The molecule has 0 bridgehead atoms. The zero-order valence-corrected chi connectivity index (χ0v) is 9.70. The number of aryl methyl sites for hydroxylation is 2. The van der Waals surface area contributed by atoms with E-state index in [9.17, 15) is 0 Å². The molecule has 0 saturated heterocycles. The van der Waals surface area contributed by atoms with Crippen molar-refractivity contribution in [2.45, 2.75) is 61.9 Å². The second-order valence-electron chi connectivity index (χ2n) is 1.76. The lowest BCUT2D eigenvalue weighted by atomic mass is 10.4. The van der Waals surface area contributed by atoms with Crippen molar-refractivity contribution in [3.05, 3.63) is 5.82 Å². The molecule has 0 aliphatic rings. The molecule has 1 aromatic rings. The van der Waals surface area contributed by atoms with Crippen molar-refractivity contribution in [2.75, 3.05) is 0 Å². The van der Waals surface area contributed by atoms with E-state index in [1.807, 2.05) is 41.5 Å². The maximum Gasteiger partial charge on any atom is 0.150 e. The van der Waals surface area contributed by atoms with Crippen LogP contribution in [0, 0.1) is 0 Å². The fourth-order valence-electron chi connectivity index (χ4n) is 0.722. The molecular formula is C10H26N4. The van der Waals surface area contributed by atoms with E-state index in [1.165, 1.54) is 0 Å². The van der Waals surface area contributed by atoms with Crippen LogP contribution in [0.2, 0.25) is 0 Å². The summed E-state index contributed by atoms with van der Waals surface area (Å²) in [6.45, 7) is 12.9. The van der Waals surface area contributed by atoms with Crippen LogP contribution in [0.1, 0.15) is 54.8 Å². The molecule has 1 aromatic heterocycles. The molecule has 0 spiro atoms. The third kappa shape index (κ3) is 6.57.